The number of hydrogen-bond donors (Lipinski definition) is 1. The molecule has 0 aromatic heterocycles. The van der Waals surface area contributed by atoms with Gasteiger partial charge in [-0.3, -0.25) is 14.6 Å². The van der Waals surface area contributed by atoms with Gasteiger partial charge in [-0.15, -0.1) is 0 Å². The molecule has 6 heteroatoms. The lowest BCUT2D eigenvalue weighted by Gasteiger charge is -2.55. The topological polar surface area (TPSA) is 44.8 Å². The van der Waals surface area contributed by atoms with Crippen molar-refractivity contribution >= 4 is 17.5 Å². The van der Waals surface area contributed by atoms with Crippen molar-refractivity contribution in [1.82, 2.24) is 15.1 Å². The molecule has 2 saturated heterocycles. The van der Waals surface area contributed by atoms with Crippen LogP contribution in [-0.2, 0) is 16.1 Å². The van der Waals surface area contributed by atoms with Gasteiger partial charge < -0.3 is 10.1 Å². The third kappa shape index (κ3) is 3.85. The minimum absolute atomic E-state index is 0.0767. The number of halogens is 1. The zero-order valence-corrected chi connectivity index (χ0v) is 15.5. The average molecular weight is 364 g/mol. The SMILES string of the molecule is CNC(=O)C1COC2(CN(Cc3ccc(Cl)cc3)C2)CN1CC1CC1. The number of hydrogen-bond acceptors (Lipinski definition) is 4. The normalized spacial score (nSPS) is 26.4. The molecular formula is C19H26ClN3O2. The Hall–Kier alpha value is -1.14. The lowest BCUT2D eigenvalue weighted by atomic mass is 9.89. The zero-order valence-electron chi connectivity index (χ0n) is 14.7. The van der Waals surface area contributed by atoms with Crippen molar-refractivity contribution in [3.05, 3.63) is 34.9 Å². The Morgan fingerprint density at radius 1 is 1.28 bits per heavy atom. The zero-order chi connectivity index (χ0) is 17.4. The summed E-state index contributed by atoms with van der Waals surface area (Å²) < 4.78 is 6.19. The van der Waals surface area contributed by atoms with Gasteiger partial charge in [0.25, 0.3) is 0 Å². The van der Waals surface area contributed by atoms with Crippen molar-refractivity contribution in [2.45, 2.75) is 31.0 Å². The highest BCUT2D eigenvalue weighted by Crippen LogP contribution is 2.36. The molecule has 2 heterocycles. The fourth-order valence-electron chi connectivity index (χ4n) is 4.04. The summed E-state index contributed by atoms with van der Waals surface area (Å²) in [5.41, 5.74) is 1.17. The second kappa shape index (κ2) is 6.88. The van der Waals surface area contributed by atoms with E-state index in [0.717, 1.165) is 43.7 Å². The maximum Gasteiger partial charge on any atom is 0.239 e. The Kier molecular flexibility index (Phi) is 4.75. The van der Waals surface area contributed by atoms with Crippen molar-refractivity contribution in [2.24, 2.45) is 5.92 Å². The first-order valence-corrected chi connectivity index (χ1v) is 9.51. The van der Waals surface area contributed by atoms with E-state index in [4.69, 9.17) is 16.3 Å². The molecule has 5 nitrogen and oxygen atoms in total. The van der Waals surface area contributed by atoms with Crippen molar-refractivity contribution in [2.75, 3.05) is 39.8 Å². The fourth-order valence-corrected chi connectivity index (χ4v) is 4.16. The smallest absolute Gasteiger partial charge is 0.239 e. The van der Waals surface area contributed by atoms with E-state index in [-0.39, 0.29) is 17.6 Å². The Balaban J connectivity index is 1.35. The number of ether oxygens (including phenoxy) is 1. The minimum Gasteiger partial charge on any atom is -0.369 e. The van der Waals surface area contributed by atoms with Crippen molar-refractivity contribution in [3.63, 3.8) is 0 Å². The van der Waals surface area contributed by atoms with E-state index in [9.17, 15) is 4.79 Å². The van der Waals surface area contributed by atoms with Crippen LogP contribution in [0.4, 0.5) is 0 Å². The average Bonchev–Trinajstić information content (AvgIpc) is 3.39. The third-order valence-corrected chi connectivity index (χ3v) is 5.81. The lowest BCUT2D eigenvalue weighted by Crippen LogP contribution is -2.72. The van der Waals surface area contributed by atoms with E-state index in [1.165, 1.54) is 18.4 Å². The number of nitrogens with one attached hydrogen (secondary N) is 1. The molecule has 1 spiro atoms. The molecule has 0 bridgehead atoms. The first-order valence-electron chi connectivity index (χ1n) is 9.13. The molecule has 4 rings (SSSR count). The summed E-state index contributed by atoms with van der Waals surface area (Å²) in [6, 6.07) is 7.90. The molecule has 1 unspecified atom stereocenters. The molecule has 1 aliphatic carbocycles. The standard InChI is InChI=1S/C19H26ClN3O2/c1-21-18(24)17-10-25-19(13-23(17)9-15-2-3-15)11-22(12-19)8-14-4-6-16(20)7-5-14/h4-7,15,17H,2-3,8-13H2,1H3,(H,21,24). The summed E-state index contributed by atoms with van der Waals surface area (Å²) in [6.07, 6.45) is 2.60. The van der Waals surface area contributed by atoms with Gasteiger partial charge in [-0.25, -0.2) is 0 Å². The number of benzene rings is 1. The summed E-state index contributed by atoms with van der Waals surface area (Å²) in [6.45, 7) is 5.17. The molecule has 1 aromatic rings. The van der Waals surface area contributed by atoms with Crippen molar-refractivity contribution < 1.29 is 9.53 Å². The number of morpholine rings is 1. The van der Waals surface area contributed by atoms with E-state index < -0.39 is 0 Å². The summed E-state index contributed by atoms with van der Waals surface area (Å²) >= 11 is 5.95. The van der Waals surface area contributed by atoms with E-state index in [0.29, 0.717) is 6.61 Å². The number of carbonyl (C=O) groups is 1. The second-order valence-corrected chi connectivity index (χ2v) is 8.20. The van der Waals surface area contributed by atoms with Gasteiger partial charge in [0.2, 0.25) is 5.91 Å². The largest absolute Gasteiger partial charge is 0.369 e. The van der Waals surface area contributed by atoms with E-state index in [1.54, 1.807) is 7.05 Å². The van der Waals surface area contributed by atoms with Gasteiger partial charge >= 0.3 is 0 Å². The summed E-state index contributed by atoms with van der Waals surface area (Å²) in [5.74, 6) is 0.848. The molecule has 25 heavy (non-hydrogen) atoms. The van der Waals surface area contributed by atoms with Crippen molar-refractivity contribution in [3.8, 4) is 0 Å². The van der Waals surface area contributed by atoms with E-state index >= 15 is 0 Å². The van der Waals surface area contributed by atoms with E-state index in [2.05, 4.69) is 27.2 Å². The maximum atomic E-state index is 12.2. The van der Waals surface area contributed by atoms with Crippen LogP contribution in [0.2, 0.25) is 5.02 Å². The van der Waals surface area contributed by atoms with Crippen LogP contribution in [0, 0.1) is 5.92 Å². The molecule has 1 N–H and O–H groups in total. The molecule has 1 atom stereocenters. The summed E-state index contributed by atoms with van der Waals surface area (Å²) in [5, 5.41) is 3.56. The Morgan fingerprint density at radius 3 is 2.64 bits per heavy atom. The first-order chi connectivity index (χ1) is 12.1. The van der Waals surface area contributed by atoms with Crippen LogP contribution in [0.5, 0.6) is 0 Å². The molecule has 0 radical (unpaired) electrons. The van der Waals surface area contributed by atoms with Gasteiger partial charge in [-0.1, -0.05) is 23.7 Å². The molecule has 1 amide bonds. The highest BCUT2D eigenvalue weighted by atomic mass is 35.5. The Bertz CT molecular complexity index is 626. The highest BCUT2D eigenvalue weighted by molar-refractivity contribution is 6.30. The lowest BCUT2D eigenvalue weighted by molar-refractivity contribution is -0.203. The van der Waals surface area contributed by atoms with Gasteiger partial charge in [-0.2, -0.15) is 0 Å². The number of likely N-dealkylation sites (tertiary alicyclic amines) is 1. The third-order valence-electron chi connectivity index (χ3n) is 5.56. The van der Waals surface area contributed by atoms with Gasteiger partial charge in [0.15, 0.2) is 0 Å². The Morgan fingerprint density at radius 2 is 2.00 bits per heavy atom. The van der Waals surface area contributed by atoms with Crippen LogP contribution < -0.4 is 5.32 Å². The van der Waals surface area contributed by atoms with Gasteiger partial charge in [0.1, 0.15) is 11.6 Å². The number of rotatable bonds is 5. The number of likely N-dealkylation sites (N-methyl/N-ethyl adjacent to an activating group) is 1. The van der Waals surface area contributed by atoms with E-state index in [1.807, 2.05) is 12.1 Å². The number of carbonyl (C=O) groups excluding carboxylic acids is 1. The van der Waals surface area contributed by atoms with Crippen LogP contribution in [0.1, 0.15) is 18.4 Å². The molecule has 1 saturated carbocycles. The van der Waals surface area contributed by atoms with Crippen molar-refractivity contribution in [1.29, 1.82) is 0 Å². The second-order valence-electron chi connectivity index (χ2n) is 7.77. The molecule has 3 fully saturated rings. The maximum absolute atomic E-state index is 12.2. The summed E-state index contributed by atoms with van der Waals surface area (Å²) in [7, 11) is 1.71. The number of amides is 1. The van der Waals surface area contributed by atoms with Crippen LogP contribution >= 0.6 is 11.6 Å². The first kappa shape index (κ1) is 17.3. The van der Waals surface area contributed by atoms with Crippen LogP contribution in [0.3, 0.4) is 0 Å². The summed E-state index contributed by atoms with van der Waals surface area (Å²) in [4.78, 5) is 16.9. The monoisotopic (exact) mass is 363 g/mol. The van der Waals surface area contributed by atoms with Crippen LogP contribution in [-0.4, -0.2) is 67.2 Å². The fraction of sp³-hybridized carbons (Fsp3) is 0.632. The Labute approximate surface area is 154 Å². The van der Waals surface area contributed by atoms with Gasteiger partial charge in [-0.05, 0) is 36.5 Å². The molecule has 3 aliphatic rings. The predicted octanol–water partition coefficient (Wildman–Crippen LogP) is 1.75. The molecule has 2 aliphatic heterocycles. The quantitative estimate of drug-likeness (QED) is 0.865. The van der Waals surface area contributed by atoms with Gasteiger partial charge in [0.05, 0.1) is 6.61 Å². The predicted molar refractivity (Wildman–Crippen MR) is 97.6 cm³/mol. The highest BCUT2D eigenvalue weighted by Gasteiger charge is 2.50. The van der Waals surface area contributed by atoms with Gasteiger partial charge in [0, 0.05) is 44.8 Å². The van der Waals surface area contributed by atoms with Crippen LogP contribution in [0.15, 0.2) is 24.3 Å². The minimum atomic E-state index is -0.137. The molecular weight excluding hydrogens is 338 g/mol. The number of nitrogens with zero attached hydrogens (tertiary/aromatic N) is 2. The van der Waals surface area contributed by atoms with Crippen LogP contribution in [0.25, 0.3) is 0 Å². The molecule has 1 aromatic carbocycles. The molecule has 136 valence electrons.